The smallest absolute Gasteiger partial charge is 0.120 e. The molecule has 0 saturated heterocycles. The first-order valence-electron chi connectivity index (χ1n) is 5.62. The van der Waals surface area contributed by atoms with Crippen molar-refractivity contribution in [1.29, 1.82) is 5.26 Å². The van der Waals surface area contributed by atoms with Gasteiger partial charge in [0.2, 0.25) is 0 Å². The molecule has 0 aromatic carbocycles. The molecule has 0 aliphatic carbocycles. The second kappa shape index (κ2) is 5.17. The quantitative estimate of drug-likeness (QED) is 0.900. The molecule has 3 nitrogen and oxygen atoms in total. The van der Waals surface area contributed by atoms with Crippen LogP contribution in [0.4, 0.5) is 0 Å². The number of hydrogen-bond acceptors (Lipinski definition) is 3. The lowest BCUT2D eigenvalue weighted by Crippen LogP contribution is -2.32. The van der Waals surface area contributed by atoms with Gasteiger partial charge in [0.05, 0.1) is 6.04 Å². The van der Waals surface area contributed by atoms with Crippen LogP contribution in [0.15, 0.2) is 35.2 Å². The van der Waals surface area contributed by atoms with Crippen molar-refractivity contribution in [3.05, 3.63) is 46.4 Å². The summed E-state index contributed by atoms with van der Waals surface area (Å²) < 4.78 is 1.97. The Kier molecular flexibility index (Phi) is 3.62. The first kappa shape index (κ1) is 11.9. The molecular weight excluding hydrogens is 230 g/mol. The largest absolute Gasteiger partial charge is 0.330 e. The highest BCUT2D eigenvalue weighted by atomic mass is 32.1. The van der Waals surface area contributed by atoms with Crippen molar-refractivity contribution < 1.29 is 0 Å². The third-order valence-electron chi connectivity index (χ3n) is 2.95. The maximum Gasteiger partial charge on any atom is 0.120 e. The van der Waals surface area contributed by atoms with Gasteiger partial charge in [-0.05, 0) is 40.9 Å². The molecule has 0 amide bonds. The predicted octanol–water partition coefficient (Wildman–Crippen LogP) is 2.75. The first-order valence-corrected chi connectivity index (χ1v) is 6.56. The minimum atomic E-state index is 0.0177. The summed E-state index contributed by atoms with van der Waals surface area (Å²) in [6, 6.07) is 8.06. The minimum absolute atomic E-state index is 0.0177. The number of nitrogens with zero attached hydrogens (tertiary/aromatic N) is 2. The van der Waals surface area contributed by atoms with Gasteiger partial charge in [0, 0.05) is 12.2 Å². The number of nitriles is 1. The first-order chi connectivity index (χ1) is 8.27. The van der Waals surface area contributed by atoms with Gasteiger partial charge in [-0.15, -0.1) is 0 Å². The van der Waals surface area contributed by atoms with E-state index in [9.17, 15) is 0 Å². The van der Waals surface area contributed by atoms with Crippen molar-refractivity contribution in [3.63, 3.8) is 0 Å². The number of aromatic nitrogens is 1. The van der Waals surface area contributed by atoms with Crippen LogP contribution >= 0.6 is 11.3 Å². The van der Waals surface area contributed by atoms with Gasteiger partial charge in [0.1, 0.15) is 11.8 Å². The van der Waals surface area contributed by atoms with Crippen LogP contribution < -0.4 is 5.73 Å². The van der Waals surface area contributed by atoms with Gasteiger partial charge in [0.25, 0.3) is 0 Å². The van der Waals surface area contributed by atoms with Crippen molar-refractivity contribution in [2.75, 3.05) is 0 Å². The topological polar surface area (TPSA) is 54.7 Å². The highest BCUT2D eigenvalue weighted by molar-refractivity contribution is 7.07. The summed E-state index contributed by atoms with van der Waals surface area (Å²) in [5.74, 6) is 0. The Bertz CT molecular complexity index is 507. The van der Waals surface area contributed by atoms with Crippen LogP contribution in [0.3, 0.4) is 0 Å². The van der Waals surface area contributed by atoms with Crippen molar-refractivity contribution in [3.8, 4) is 6.07 Å². The van der Waals surface area contributed by atoms with Crippen LogP contribution in [-0.2, 0) is 0 Å². The van der Waals surface area contributed by atoms with Gasteiger partial charge in [-0.25, -0.2) is 0 Å². The number of rotatable bonds is 4. The monoisotopic (exact) mass is 245 g/mol. The summed E-state index contributed by atoms with van der Waals surface area (Å²) in [4.78, 5) is 0. The fraction of sp³-hybridized carbons (Fsp3) is 0.308. The Morgan fingerprint density at radius 1 is 1.53 bits per heavy atom. The third-order valence-corrected chi connectivity index (χ3v) is 3.66. The molecule has 2 N–H and O–H groups in total. The minimum Gasteiger partial charge on any atom is -0.330 e. The van der Waals surface area contributed by atoms with E-state index in [1.54, 1.807) is 11.3 Å². The lowest BCUT2D eigenvalue weighted by Gasteiger charge is -2.25. The molecule has 88 valence electrons. The Morgan fingerprint density at radius 3 is 2.94 bits per heavy atom. The van der Waals surface area contributed by atoms with Crippen LogP contribution in [0.5, 0.6) is 0 Å². The fourth-order valence-electron chi connectivity index (χ4n) is 2.01. The molecule has 0 bridgehead atoms. The molecular formula is C13H15N3S. The maximum atomic E-state index is 9.10. The summed E-state index contributed by atoms with van der Waals surface area (Å²) >= 11 is 1.65. The lowest BCUT2D eigenvalue weighted by molar-refractivity contribution is 0.458. The summed E-state index contributed by atoms with van der Waals surface area (Å²) in [7, 11) is 0. The van der Waals surface area contributed by atoms with E-state index in [4.69, 9.17) is 11.0 Å². The van der Waals surface area contributed by atoms with Crippen molar-refractivity contribution in [2.24, 2.45) is 5.73 Å². The summed E-state index contributed by atoms with van der Waals surface area (Å²) in [6.45, 7) is 2.07. The predicted molar refractivity (Wildman–Crippen MR) is 69.9 cm³/mol. The molecule has 0 radical (unpaired) electrons. The molecule has 2 rings (SSSR count). The summed E-state index contributed by atoms with van der Waals surface area (Å²) in [6.07, 6.45) is 2.81. The van der Waals surface area contributed by atoms with Gasteiger partial charge >= 0.3 is 0 Å². The van der Waals surface area contributed by atoms with E-state index in [1.165, 1.54) is 5.56 Å². The summed E-state index contributed by atoms with van der Waals surface area (Å²) in [5.41, 5.74) is 8.03. The molecule has 4 heteroatoms. The average Bonchev–Trinajstić information content (AvgIpc) is 3.00. The zero-order chi connectivity index (χ0) is 12.3. The number of nitrogens with two attached hydrogens (primary N) is 1. The van der Waals surface area contributed by atoms with Gasteiger partial charge < -0.3 is 10.3 Å². The highest BCUT2D eigenvalue weighted by Crippen LogP contribution is 2.26. The second-order valence-electron chi connectivity index (χ2n) is 3.99. The van der Waals surface area contributed by atoms with Crippen LogP contribution in [-0.4, -0.2) is 10.6 Å². The second-order valence-corrected chi connectivity index (χ2v) is 4.77. The van der Waals surface area contributed by atoms with Crippen LogP contribution in [0.25, 0.3) is 0 Å². The van der Waals surface area contributed by atoms with E-state index in [0.717, 1.165) is 6.42 Å². The molecule has 2 atom stereocenters. The zero-order valence-electron chi connectivity index (χ0n) is 9.71. The van der Waals surface area contributed by atoms with E-state index >= 15 is 0 Å². The van der Waals surface area contributed by atoms with Gasteiger partial charge in [0.15, 0.2) is 0 Å². The molecule has 0 fully saturated rings. The van der Waals surface area contributed by atoms with E-state index in [1.807, 2.05) is 28.3 Å². The summed E-state index contributed by atoms with van der Waals surface area (Å²) in [5, 5.41) is 13.2. The SMILES string of the molecule is CCC(N)C(c1ccsc1)n1cccc1C#N. The Morgan fingerprint density at radius 2 is 2.35 bits per heavy atom. The van der Waals surface area contributed by atoms with E-state index in [0.29, 0.717) is 5.69 Å². The standard InChI is InChI=1S/C13H15N3S/c1-2-12(15)13(10-5-7-17-9-10)16-6-3-4-11(16)8-14/h3-7,9,12-13H,2,15H2,1H3. The molecule has 2 unspecified atom stereocenters. The van der Waals surface area contributed by atoms with Crippen LogP contribution in [0, 0.1) is 11.3 Å². The fourth-order valence-corrected chi connectivity index (χ4v) is 2.70. The number of hydrogen-bond donors (Lipinski definition) is 1. The van der Waals surface area contributed by atoms with E-state index < -0.39 is 0 Å². The molecule has 2 heterocycles. The number of thiophene rings is 1. The molecule has 0 aliphatic heterocycles. The molecule has 0 spiro atoms. The Balaban J connectivity index is 2.45. The van der Waals surface area contributed by atoms with Crippen molar-refractivity contribution in [2.45, 2.75) is 25.4 Å². The van der Waals surface area contributed by atoms with Crippen molar-refractivity contribution in [1.82, 2.24) is 4.57 Å². The highest BCUT2D eigenvalue weighted by Gasteiger charge is 2.22. The Hall–Kier alpha value is -1.57. The van der Waals surface area contributed by atoms with Crippen molar-refractivity contribution >= 4 is 11.3 Å². The molecule has 17 heavy (non-hydrogen) atoms. The average molecular weight is 245 g/mol. The maximum absolute atomic E-state index is 9.10. The van der Waals surface area contributed by atoms with Gasteiger partial charge in [-0.2, -0.15) is 16.6 Å². The van der Waals surface area contributed by atoms with Crippen LogP contribution in [0.2, 0.25) is 0 Å². The van der Waals surface area contributed by atoms with E-state index in [-0.39, 0.29) is 12.1 Å². The lowest BCUT2D eigenvalue weighted by atomic mass is 10.0. The van der Waals surface area contributed by atoms with Gasteiger partial charge in [-0.1, -0.05) is 6.92 Å². The molecule has 2 aromatic heterocycles. The van der Waals surface area contributed by atoms with Gasteiger partial charge in [-0.3, -0.25) is 0 Å². The van der Waals surface area contributed by atoms with E-state index in [2.05, 4.69) is 24.4 Å². The normalized spacial score (nSPS) is 14.2. The zero-order valence-corrected chi connectivity index (χ0v) is 10.5. The van der Waals surface area contributed by atoms with Crippen LogP contribution in [0.1, 0.15) is 30.6 Å². The molecule has 2 aromatic rings. The molecule has 0 aliphatic rings. The third kappa shape index (κ3) is 2.26. The Labute approximate surface area is 105 Å². The molecule has 0 saturated carbocycles.